The van der Waals surface area contributed by atoms with E-state index in [0.29, 0.717) is 12.0 Å². The number of benzene rings is 1. The van der Waals surface area contributed by atoms with E-state index in [1.807, 2.05) is 6.07 Å². The van der Waals surface area contributed by atoms with Gasteiger partial charge in [0.25, 0.3) is 5.91 Å². The summed E-state index contributed by atoms with van der Waals surface area (Å²) in [6.45, 7) is 8.97. The maximum absolute atomic E-state index is 13.1. The highest BCUT2D eigenvalue weighted by Gasteiger charge is 2.48. The number of ether oxygens (including phenoxy) is 1. The summed E-state index contributed by atoms with van der Waals surface area (Å²) in [7, 11) is 0. The van der Waals surface area contributed by atoms with Crippen molar-refractivity contribution in [2.75, 3.05) is 13.1 Å². The molecule has 3 saturated heterocycles. The van der Waals surface area contributed by atoms with Crippen molar-refractivity contribution in [1.29, 1.82) is 0 Å². The van der Waals surface area contributed by atoms with Crippen molar-refractivity contribution in [2.45, 2.75) is 64.1 Å². The van der Waals surface area contributed by atoms with Gasteiger partial charge in [0.2, 0.25) is 0 Å². The number of piperidine rings is 3. The molecule has 2 aromatic rings. The molecule has 0 radical (unpaired) electrons. The molecular formula is C22H28N2O2S. The quantitative estimate of drug-likeness (QED) is 0.852. The first-order valence-corrected chi connectivity index (χ1v) is 11.0. The second-order valence-corrected chi connectivity index (χ2v) is 10.0. The molecule has 1 amide bonds. The number of carbonyl (C=O) groups excluding carboxylic acids is 1. The van der Waals surface area contributed by atoms with Gasteiger partial charge in [-0.25, -0.2) is 0 Å². The molecule has 1 saturated carbocycles. The van der Waals surface area contributed by atoms with Crippen LogP contribution in [0.25, 0.3) is 10.1 Å². The van der Waals surface area contributed by atoms with E-state index >= 15 is 0 Å². The smallest absolute Gasteiger partial charge is 0.261 e. The summed E-state index contributed by atoms with van der Waals surface area (Å²) in [6, 6.07) is 6.46. The van der Waals surface area contributed by atoms with Crippen LogP contribution >= 0.6 is 11.3 Å². The van der Waals surface area contributed by atoms with Crippen LogP contribution in [0.2, 0.25) is 0 Å². The molecule has 1 atom stereocenters. The van der Waals surface area contributed by atoms with Gasteiger partial charge in [-0.05, 0) is 82.5 Å². The average molecular weight is 385 g/mol. The van der Waals surface area contributed by atoms with E-state index in [1.165, 1.54) is 12.8 Å². The average Bonchev–Trinajstić information content (AvgIpc) is 3.36. The third-order valence-corrected chi connectivity index (χ3v) is 7.89. The third kappa shape index (κ3) is 2.95. The fraction of sp³-hybridized carbons (Fsp3) is 0.591. The highest BCUT2D eigenvalue weighted by molar-refractivity contribution is 7.21. The molecule has 4 fully saturated rings. The highest BCUT2D eigenvalue weighted by atomic mass is 32.1. The van der Waals surface area contributed by atoms with Crippen molar-refractivity contribution in [1.82, 2.24) is 10.2 Å². The van der Waals surface area contributed by atoms with E-state index in [4.69, 9.17) is 4.74 Å². The van der Waals surface area contributed by atoms with Gasteiger partial charge in [-0.1, -0.05) is 12.1 Å². The Morgan fingerprint density at radius 1 is 1.22 bits per heavy atom. The van der Waals surface area contributed by atoms with Gasteiger partial charge >= 0.3 is 0 Å². The van der Waals surface area contributed by atoms with E-state index in [-0.39, 0.29) is 17.5 Å². The normalized spacial score (nSPS) is 29.1. The zero-order valence-corrected chi connectivity index (χ0v) is 17.2. The Labute approximate surface area is 164 Å². The lowest BCUT2D eigenvalue weighted by molar-refractivity contribution is -0.0377. The van der Waals surface area contributed by atoms with Crippen LogP contribution in [0.15, 0.2) is 18.2 Å². The molecule has 6 rings (SSSR count). The Kier molecular flexibility index (Phi) is 4.03. The van der Waals surface area contributed by atoms with Crippen molar-refractivity contribution in [3.05, 3.63) is 28.6 Å². The van der Waals surface area contributed by atoms with E-state index in [0.717, 1.165) is 52.2 Å². The summed E-state index contributed by atoms with van der Waals surface area (Å²) in [4.78, 5) is 16.4. The van der Waals surface area contributed by atoms with E-state index in [1.54, 1.807) is 11.3 Å². The third-order valence-electron chi connectivity index (χ3n) is 6.74. The molecule has 4 heterocycles. The second kappa shape index (κ2) is 6.21. The van der Waals surface area contributed by atoms with Crippen LogP contribution in [0.1, 0.15) is 54.8 Å². The molecule has 2 bridgehead atoms. The molecular weight excluding hydrogens is 356 g/mol. The highest BCUT2D eigenvalue weighted by Crippen LogP contribution is 2.41. The predicted octanol–water partition coefficient (Wildman–Crippen LogP) is 4.35. The number of amides is 1. The van der Waals surface area contributed by atoms with Gasteiger partial charge in [-0.2, -0.15) is 0 Å². The van der Waals surface area contributed by atoms with Gasteiger partial charge in [0.05, 0.1) is 15.7 Å². The van der Waals surface area contributed by atoms with Crippen LogP contribution in [0.4, 0.5) is 0 Å². The molecule has 4 nitrogen and oxygen atoms in total. The van der Waals surface area contributed by atoms with Gasteiger partial charge in [-0.3, -0.25) is 9.69 Å². The van der Waals surface area contributed by atoms with Gasteiger partial charge in [0, 0.05) is 11.6 Å². The standard InChI is InChI=1S/C22H28N2O2S/c1-13-4-5-15-12-17(27-19(15)18(13)26-16-6-7-16)21(25)23-20-14-8-10-24(11-9-14)22(20,2)3/h4-5,12,14,16,20H,6-11H2,1-3H3,(H,23,25)/t20-/m0/s1. The first-order valence-electron chi connectivity index (χ1n) is 10.2. The Bertz CT molecular complexity index is 891. The summed E-state index contributed by atoms with van der Waals surface area (Å²) in [5.41, 5.74) is 1.19. The van der Waals surface area contributed by atoms with Crippen LogP contribution in [0.3, 0.4) is 0 Å². The number of nitrogens with one attached hydrogen (secondary N) is 1. The summed E-state index contributed by atoms with van der Waals surface area (Å²) >= 11 is 1.57. The maximum atomic E-state index is 13.1. The van der Waals surface area contributed by atoms with Gasteiger partial charge < -0.3 is 10.1 Å². The number of thiophene rings is 1. The topological polar surface area (TPSA) is 41.6 Å². The van der Waals surface area contributed by atoms with Gasteiger partial charge in [0.1, 0.15) is 5.75 Å². The van der Waals surface area contributed by atoms with Gasteiger partial charge in [-0.15, -0.1) is 11.3 Å². The number of carbonyl (C=O) groups is 1. The van der Waals surface area contributed by atoms with Crippen LogP contribution in [0.5, 0.6) is 5.75 Å². The van der Waals surface area contributed by atoms with Crippen LogP contribution < -0.4 is 10.1 Å². The SMILES string of the molecule is Cc1ccc2cc(C(=O)N[C@H]3C4CCN(CC4)C3(C)C)sc2c1OC1CC1. The van der Waals surface area contributed by atoms with Crippen molar-refractivity contribution in [3.63, 3.8) is 0 Å². The Hall–Kier alpha value is -1.59. The predicted molar refractivity (Wildman–Crippen MR) is 110 cm³/mol. The molecule has 1 aromatic heterocycles. The van der Waals surface area contributed by atoms with E-state index in [9.17, 15) is 4.79 Å². The van der Waals surface area contributed by atoms with E-state index in [2.05, 4.69) is 43.1 Å². The number of aryl methyl sites for hydroxylation is 1. The molecule has 1 aliphatic carbocycles. The number of hydrogen-bond acceptors (Lipinski definition) is 4. The fourth-order valence-corrected chi connectivity index (χ4v) is 5.98. The molecule has 4 aliphatic rings. The lowest BCUT2D eigenvalue weighted by Gasteiger charge is -2.56. The lowest BCUT2D eigenvalue weighted by Crippen LogP contribution is -2.69. The summed E-state index contributed by atoms with van der Waals surface area (Å²) in [6.07, 6.45) is 5.03. The Morgan fingerprint density at radius 3 is 2.63 bits per heavy atom. The monoisotopic (exact) mass is 384 g/mol. The number of nitrogens with zero attached hydrogens (tertiary/aromatic N) is 1. The molecule has 144 valence electrons. The fourth-order valence-electron chi connectivity index (χ4n) is 4.88. The first kappa shape index (κ1) is 17.5. The van der Waals surface area contributed by atoms with Crippen molar-refractivity contribution in [3.8, 4) is 5.75 Å². The van der Waals surface area contributed by atoms with Gasteiger partial charge in [0.15, 0.2) is 0 Å². The van der Waals surface area contributed by atoms with Crippen LogP contribution in [-0.2, 0) is 0 Å². The number of rotatable bonds is 4. The molecule has 0 unspecified atom stereocenters. The zero-order valence-electron chi connectivity index (χ0n) is 16.4. The molecule has 0 spiro atoms. The van der Waals surface area contributed by atoms with Crippen molar-refractivity contribution in [2.24, 2.45) is 5.92 Å². The Balaban J connectivity index is 1.42. The van der Waals surface area contributed by atoms with E-state index < -0.39 is 0 Å². The summed E-state index contributed by atoms with van der Waals surface area (Å²) in [5.74, 6) is 1.64. The maximum Gasteiger partial charge on any atom is 0.261 e. The van der Waals surface area contributed by atoms with Crippen molar-refractivity contribution < 1.29 is 9.53 Å². The molecule has 5 heteroatoms. The van der Waals surface area contributed by atoms with Crippen molar-refractivity contribution >= 4 is 27.3 Å². The molecule has 1 N–H and O–H groups in total. The number of fused-ring (bicyclic) bond motifs is 4. The minimum Gasteiger partial charge on any atom is -0.489 e. The molecule has 3 aliphatic heterocycles. The minimum atomic E-state index is 0.0321. The van der Waals surface area contributed by atoms with Crippen LogP contribution in [0, 0.1) is 12.8 Å². The second-order valence-electron chi connectivity index (χ2n) is 8.99. The largest absolute Gasteiger partial charge is 0.489 e. The number of hydrogen-bond donors (Lipinski definition) is 1. The zero-order chi connectivity index (χ0) is 18.8. The summed E-state index contributed by atoms with van der Waals surface area (Å²) in [5, 5.41) is 4.50. The first-order chi connectivity index (χ1) is 12.9. The molecule has 1 aromatic carbocycles. The summed E-state index contributed by atoms with van der Waals surface area (Å²) < 4.78 is 7.27. The minimum absolute atomic E-state index is 0.0321. The Morgan fingerprint density at radius 2 is 1.96 bits per heavy atom. The van der Waals surface area contributed by atoms with Crippen LogP contribution in [-0.4, -0.2) is 41.6 Å². The lowest BCUT2D eigenvalue weighted by atomic mass is 9.72. The molecule has 27 heavy (non-hydrogen) atoms.